The van der Waals surface area contributed by atoms with Gasteiger partial charge < -0.3 is 0 Å². The SMILES string of the molecule is N#Cc1ccsc1-c1nn[nH]n1. The second-order valence-electron chi connectivity index (χ2n) is 2.01. The lowest BCUT2D eigenvalue weighted by Crippen LogP contribution is -1.79. The molecular formula is C6H3N5S. The molecular weight excluding hydrogens is 174 g/mol. The molecule has 12 heavy (non-hydrogen) atoms. The molecule has 5 nitrogen and oxygen atoms in total. The van der Waals surface area contributed by atoms with Gasteiger partial charge in [0.1, 0.15) is 6.07 Å². The highest BCUT2D eigenvalue weighted by molar-refractivity contribution is 7.13. The number of thiophene rings is 1. The van der Waals surface area contributed by atoms with Gasteiger partial charge in [0.15, 0.2) is 0 Å². The Bertz CT molecular complexity index is 409. The van der Waals surface area contributed by atoms with Crippen LogP contribution in [0.15, 0.2) is 11.4 Å². The van der Waals surface area contributed by atoms with Gasteiger partial charge in [-0.15, -0.1) is 21.5 Å². The van der Waals surface area contributed by atoms with Gasteiger partial charge in [-0.25, -0.2) is 0 Å². The van der Waals surface area contributed by atoms with Crippen molar-refractivity contribution in [2.75, 3.05) is 0 Å². The molecule has 0 atom stereocenters. The van der Waals surface area contributed by atoms with Crippen LogP contribution < -0.4 is 0 Å². The molecule has 0 amide bonds. The largest absolute Gasteiger partial charge is 0.215 e. The third-order valence-corrected chi connectivity index (χ3v) is 2.24. The van der Waals surface area contributed by atoms with E-state index >= 15 is 0 Å². The van der Waals surface area contributed by atoms with E-state index in [-0.39, 0.29) is 0 Å². The molecule has 1 N–H and O–H groups in total. The second-order valence-corrected chi connectivity index (χ2v) is 2.93. The topological polar surface area (TPSA) is 78.2 Å². The van der Waals surface area contributed by atoms with Crippen molar-refractivity contribution in [1.29, 1.82) is 5.26 Å². The Hall–Kier alpha value is -1.74. The number of hydrogen-bond acceptors (Lipinski definition) is 5. The molecule has 0 aromatic carbocycles. The normalized spacial score (nSPS) is 9.58. The van der Waals surface area contributed by atoms with Gasteiger partial charge >= 0.3 is 0 Å². The van der Waals surface area contributed by atoms with Crippen molar-refractivity contribution >= 4 is 11.3 Å². The molecule has 6 heteroatoms. The van der Waals surface area contributed by atoms with Gasteiger partial charge in [-0.3, -0.25) is 0 Å². The van der Waals surface area contributed by atoms with Crippen LogP contribution in [0.1, 0.15) is 5.56 Å². The fraction of sp³-hybridized carbons (Fsp3) is 0. The van der Waals surface area contributed by atoms with Crippen LogP contribution in [-0.4, -0.2) is 20.6 Å². The molecule has 2 rings (SSSR count). The van der Waals surface area contributed by atoms with E-state index in [4.69, 9.17) is 5.26 Å². The molecule has 0 aliphatic carbocycles. The van der Waals surface area contributed by atoms with E-state index in [1.165, 1.54) is 11.3 Å². The zero-order chi connectivity index (χ0) is 8.39. The van der Waals surface area contributed by atoms with Crippen LogP contribution in [0, 0.1) is 11.3 Å². The summed E-state index contributed by atoms with van der Waals surface area (Å²) in [5, 5.41) is 23.8. The Morgan fingerprint density at radius 1 is 1.58 bits per heavy atom. The summed E-state index contributed by atoms with van der Waals surface area (Å²) in [6, 6.07) is 3.79. The van der Waals surface area contributed by atoms with Gasteiger partial charge in [-0.1, -0.05) is 0 Å². The number of tetrazole rings is 1. The predicted octanol–water partition coefficient (Wildman–Crippen LogP) is 0.800. The summed E-state index contributed by atoms with van der Waals surface area (Å²) < 4.78 is 0. The van der Waals surface area contributed by atoms with Crippen LogP contribution in [0.4, 0.5) is 0 Å². The maximum Gasteiger partial charge on any atom is 0.215 e. The number of hydrogen-bond donors (Lipinski definition) is 1. The number of nitrogens with one attached hydrogen (secondary N) is 1. The van der Waals surface area contributed by atoms with E-state index in [1.807, 2.05) is 5.38 Å². The molecule has 0 spiro atoms. The molecule has 2 aromatic rings. The molecule has 0 fully saturated rings. The van der Waals surface area contributed by atoms with Crippen molar-refractivity contribution in [3.63, 3.8) is 0 Å². The lowest BCUT2D eigenvalue weighted by atomic mass is 10.3. The first kappa shape index (κ1) is 6.94. The maximum absolute atomic E-state index is 8.68. The Morgan fingerprint density at radius 3 is 3.17 bits per heavy atom. The van der Waals surface area contributed by atoms with Crippen LogP contribution in [0.2, 0.25) is 0 Å². The van der Waals surface area contributed by atoms with Crippen LogP contribution in [0.25, 0.3) is 10.7 Å². The minimum absolute atomic E-state index is 0.474. The van der Waals surface area contributed by atoms with E-state index < -0.39 is 0 Å². The van der Waals surface area contributed by atoms with E-state index in [0.717, 1.165) is 4.88 Å². The van der Waals surface area contributed by atoms with E-state index in [1.54, 1.807) is 6.07 Å². The summed E-state index contributed by atoms with van der Waals surface area (Å²) in [5.74, 6) is 0.474. The van der Waals surface area contributed by atoms with Crippen molar-refractivity contribution in [3.8, 4) is 16.8 Å². The standard InChI is InChI=1S/C6H3N5S/c7-3-4-1-2-12-5(4)6-8-10-11-9-6/h1-2H,(H,8,9,10,11). The Kier molecular flexibility index (Phi) is 1.57. The zero-order valence-corrected chi connectivity index (χ0v) is 6.67. The first-order valence-corrected chi connectivity index (χ1v) is 4.01. The van der Waals surface area contributed by atoms with Crippen molar-refractivity contribution in [3.05, 3.63) is 17.0 Å². The van der Waals surface area contributed by atoms with Crippen LogP contribution >= 0.6 is 11.3 Å². The molecule has 0 bridgehead atoms. The second kappa shape index (κ2) is 2.71. The molecule has 58 valence electrons. The third kappa shape index (κ3) is 0.963. The number of aromatic nitrogens is 4. The summed E-state index contributed by atoms with van der Waals surface area (Å²) in [4.78, 5) is 0.756. The molecule has 2 heterocycles. The molecule has 2 aromatic heterocycles. The first-order chi connectivity index (χ1) is 5.92. The van der Waals surface area contributed by atoms with E-state index in [0.29, 0.717) is 11.4 Å². The van der Waals surface area contributed by atoms with E-state index in [9.17, 15) is 0 Å². The number of H-pyrrole nitrogens is 1. The van der Waals surface area contributed by atoms with Crippen molar-refractivity contribution in [2.45, 2.75) is 0 Å². The smallest absolute Gasteiger partial charge is 0.192 e. The molecule has 0 saturated carbocycles. The van der Waals surface area contributed by atoms with Crippen molar-refractivity contribution in [1.82, 2.24) is 20.6 Å². The highest BCUT2D eigenvalue weighted by Crippen LogP contribution is 2.24. The number of rotatable bonds is 1. The minimum atomic E-state index is 0.474. The van der Waals surface area contributed by atoms with Crippen molar-refractivity contribution < 1.29 is 0 Å². The molecule has 0 aliphatic rings. The highest BCUT2D eigenvalue weighted by Gasteiger charge is 2.09. The first-order valence-electron chi connectivity index (χ1n) is 3.13. The molecule has 0 unspecified atom stereocenters. The summed E-state index contributed by atoms with van der Waals surface area (Å²) in [6.07, 6.45) is 0. The molecule has 0 saturated heterocycles. The highest BCUT2D eigenvalue weighted by atomic mass is 32.1. The average Bonchev–Trinajstić information content (AvgIpc) is 2.74. The van der Waals surface area contributed by atoms with Gasteiger partial charge in [-0.2, -0.15) is 10.5 Å². The molecule has 0 radical (unpaired) electrons. The number of aromatic amines is 1. The summed E-state index contributed by atoms with van der Waals surface area (Å²) >= 11 is 1.42. The maximum atomic E-state index is 8.68. The predicted molar refractivity (Wildman–Crippen MR) is 42.2 cm³/mol. The van der Waals surface area contributed by atoms with Gasteiger partial charge in [0, 0.05) is 0 Å². The Labute approximate surface area is 71.7 Å². The summed E-state index contributed by atoms with van der Waals surface area (Å²) in [7, 11) is 0. The third-order valence-electron chi connectivity index (χ3n) is 1.33. The average molecular weight is 177 g/mol. The van der Waals surface area contributed by atoms with Crippen LogP contribution in [0.5, 0.6) is 0 Å². The quantitative estimate of drug-likeness (QED) is 0.698. The fourth-order valence-corrected chi connectivity index (χ4v) is 1.60. The minimum Gasteiger partial charge on any atom is -0.192 e. The van der Waals surface area contributed by atoms with Crippen LogP contribution in [-0.2, 0) is 0 Å². The molecule has 0 aliphatic heterocycles. The van der Waals surface area contributed by atoms with E-state index in [2.05, 4.69) is 26.7 Å². The lowest BCUT2D eigenvalue weighted by molar-refractivity contribution is 0.881. The Morgan fingerprint density at radius 2 is 2.50 bits per heavy atom. The fourth-order valence-electron chi connectivity index (χ4n) is 0.828. The number of nitriles is 1. The monoisotopic (exact) mass is 177 g/mol. The van der Waals surface area contributed by atoms with Gasteiger partial charge in [0.2, 0.25) is 5.82 Å². The Balaban J connectivity index is 2.55. The van der Waals surface area contributed by atoms with Gasteiger partial charge in [0.05, 0.1) is 10.4 Å². The number of nitrogens with zero attached hydrogens (tertiary/aromatic N) is 4. The van der Waals surface area contributed by atoms with Crippen molar-refractivity contribution in [2.24, 2.45) is 0 Å². The summed E-state index contributed by atoms with van der Waals surface area (Å²) in [6.45, 7) is 0. The summed E-state index contributed by atoms with van der Waals surface area (Å²) in [5.41, 5.74) is 0.585. The van der Waals surface area contributed by atoms with Gasteiger partial charge in [0.25, 0.3) is 0 Å². The van der Waals surface area contributed by atoms with Crippen LogP contribution in [0.3, 0.4) is 0 Å². The zero-order valence-electron chi connectivity index (χ0n) is 5.85. The lowest BCUT2D eigenvalue weighted by Gasteiger charge is -1.85. The van der Waals surface area contributed by atoms with Gasteiger partial charge in [-0.05, 0) is 16.7 Å².